The minimum Gasteiger partial charge on any atom is -0.265 e. The lowest BCUT2D eigenvalue weighted by molar-refractivity contribution is -0.160. The standard InChI is InChI=1S/C19H14F5N3O/c1-9-15(13-7-6-12(20)8-14(13)21)17-25-16(18(28)27(17)26-9)10-2-4-11(5-3-10)19(22,23)24/h2-4,7-8,11-12H,5-6H2,1H3. The Labute approximate surface area is 156 Å². The molecule has 0 bridgehead atoms. The molecule has 2 heterocycles. The van der Waals surface area contributed by atoms with Gasteiger partial charge in [-0.05, 0) is 19.4 Å². The molecule has 1 aromatic heterocycles. The van der Waals surface area contributed by atoms with Crippen molar-refractivity contribution in [2.75, 3.05) is 0 Å². The molecule has 28 heavy (non-hydrogen) atoms. The number of aliphatic imine (C=N–C) groups is 1. The summed E-state index contributed by atoms with van der Waals surface area (Å²) in [5, 5.41) is 4.09. The number of aryl methyl sites for hydroxylation is 1. The molecule has 0 saturated heterocycles. The molecule has 0 N–H and O–H groups in total. The molecule has 0 fully saturated rings. The van der Waals surface area contributed by atoms with Crippen LogP contribution in [0.4, 0.5) is 27.8 Å². The van der Waals surface area contributed by atoms with Crippen molar-refractivity contribution in [1.82, 2.24) is 9.78 Å². The van der Waals surface area contributed by atoms with E-state index in [1.165, 1.54) is 18.2 Å². The predicted octanol–water partition coefficient (Wildman–Crippen LogP) is 4.96. The number of carbonyl (C=O) groups excluding carboxylic acids is 1. The fourth-order valence-corrected chi connectivity index (χ4v) is 3.42. The Morgan fingerprint density at radius 3 is 2.57 bits per heavy atom. The monoisotopic (exact) mass is 395 g/mol. The molecular weight excluding hydrogens is 381 g/mol. The van der Waals surface area contributed by atoms with Crippen molar-refractivity contribution in [1.29, 1.82) is 0 Å². The zero-order chi connectivity index (χ0) is 20.2. The summed E-state index contributed by atoms with van der Waals surface area (Å²) >= 11 is 0. The number of halogens is 5. The summed E-state index contributed by atoms with van der Waals surface area (Å²) in [6.07, 6.45) is -0.338. The van der Waals surface area contributed by atoms with Crippen LogP contribution in [0.25, 0.3) is 5.57 Å². The highest BCUT2D eigenvalue weighted by molar-refractivity contribution is 6.49. The van der Waals surface area contributed by atoms with Gasteiger partial charge in [0.1, 0.15) is 17.7 Å². The van der Waals surface area contributed by atoms with Crippen molar-refractivity contribution in [3.8, 4) is 0 Å². The lowest BCUT2D eigenvalue weighted by Gasteiger charge is -2.18. The van der Waals surface area contributed by atoms with Crippen LogP contribution in [0.2, 0.25) is 0 Å². The second-order valence-electron chi connectivity index (χ2n) is 6.75. The number of fused-ring (bicyclic) bond motifs is 1. The summed E-state index contributed by atoms with van der Waals surface area (Å²) < 4.78 is 67.0. The first-order valence-corrected chi connectivity index (χ1v) is 8.57. The zero-order valence-corrected chi connectivity index (χ0v) is 14.6. The van der Waals surface area contributed by atoms with E-state index in [0.29, 0.717) is 5.69 Å². The highest BCUT2D eigenvalue weighted by atomic mass is 19.4. The average Bonchev–Trinajstić information content (AvgIpc) is 3.10. The first-order chi connectivity index (χ1) is 13.2. The first kappa shape index (κ1) is 18.5. The summed E-state index contributed by atoms with van der Waals surface area (Å²) in [6.45, 7) is 1.58. The Kier molecular flexibility index (Phi) is 4.20. The largest absolute Gasteiger partial charge is 0.395 e. The Balaban J connectivity index is 1.70. The van der Waals surface area contributed by atoms with Gasteiger partial charge in [-0.3, -0.25) is 4.79 Å². The molecule has 0 aromatic carbocycles. The molecule has 2 atom stereocenters. The molecule has 146 valence electrons. The number of nitrogens with zero attached hydrogens (tertiary/aromatic N) is 3. The Bertz CT molecular complexity index is 1020. The molecule has 4 rings (SSSR count). The molecule has 2 unspecified atom stereocenters. The van der Waals surface area contributed by atoms with Crippen molar-refractivity contribution < 1.29 is 26.7 Å². The third kappa shape index (κ3) is 2.94. The predicted molar refractivity (Wildman–Crippen MR) is 92.8 cm³/mol. The molecule has 4 nitrogen and oxygen atoms in total. The first-order valence-electron chi connectivity index (χ1n) is 8.57. The SMILES string of the molecule is Cc1nn2c(c1C1=CCC(F)C=C1F)N=C(C1=CCC(C(F)(F)F)C=C1)C2=O. The van der Waals surface area contributed by atoms with Crippen LogP contribution in [0.1, 0.15) is 28.9 Å². The minimum atomic E-state index is -4.36. The van der Waals surface area contributed by atoms with Gasteiger partial charge in [0.15, 0.2) is 5.82 Å². The third-order valence-electron chi connectivity index (χ3n) is 4.84. The van der Waals surface area contributed by atoms with E-state index in [9.17, 15) is 26.7 Å². The molecule has 0 saturated carbocycles. The summed E-state index contributed by atoms with van der Waals surface area (Å²) in [7, 11) is 0. The van der Waals surface area contributed by atoms with Gasteiger partial charge < -0.3 is 0 Å². The Hall–Kier alpha value is -2.84. The lowest BCUT2D eigenvalue weighted by Crippen LogP contribution is -2.24. The van der Waals surface area contributed by atoms with E-state index in [1.54, 1.807) is 6.92 Å². The minimum absolute atomic E-state index is 0.00987. The van der Waals surface area contributed by atoms with E-state index in [-0.39, 0.29) is 41.1 Å². The van der Waals surface area contributed by atoms with Gasteiger partial charge in [0.25, 0.3) is 5.91 Å². The van der Waals surface area contributed by atoms with Gasteiger partial charge in [-0.1, -0.05) is 24.3 Å². The number of rotatable bonds is 2. The number of allylic oxidation sites excluding steroid dienone is 8. The van der Waals surface area contributed by atoms with Gasteiger partial charge in [-0.15, -0.1) is 0 Å². The van der Waals surface area contributed by atoms with Crippen LogP contribution in [0.5, 0.6) is 0 Å². The fraction of sp³-hybridized carbons (Fsp3) is 0.316. The Morgan fingerprint density at radius 1 is 1.21 bits per heavy atom. The molecule has 1 aromatic rings. The van der Waals surface area contributed by atoms with Crippen molar-refractivity contribution in [2.24, 2.45) is 10.9 Å². The van der Waals surface area contributed by atoms with Crippen LogP contribution >= 0.6 is 0 Å². The van der Waals surface area contributed by atoms with Crippen LogP contribution in [0.3, 0.4) is 0 Å². The summed E-state index contributed by atoms with van der Waals surface area (Å²) in [5.41, 5.74) is 0.943. The number of hydrogen-bond donors (Lipinski definition) is 0. The van der Waals surface area contributed by atoms with Gasteiger partial charge in [0.05, 0.1) is 17.2 Å². The lowest BCUT2D eigenvalue weighted by atomic mass is 9.94. The second-order valence-corrected chi connectivity index (χ2v) is 6.75. The summed E-state index contributed by atoms with van der Waals surface area (Å²) in [4.78, 5) is 16.9. The molecule has 0 spiro atoms. The molecule has 2 aliphatic carbocycles. The van der Waals surface area contributed by atoms with Crippen molar-refractivity contribution in [3.63, 3.8) is 0 Å². The van der Waals surface area contributed by atoms with Crippen LogP contribution in [-0.4, -0.2) is 33.7 Å². The van der Waals surface area contributed by atoms with E-state index >= 15 is 0 Å². The number of carbonyl (C=O) groups is 1. The number of aromatic nitrogens is 2. The van der Waals surface area contributed by atoms with Crippen molar-refractivity contribution >= 4 is 23.0 Å². The molecule has 3 aliphatic rings. The normalized spacial score (nSPS) is 24.6. The Morgan fingerprint density at radius 2 is 1.96 bits per heavy atom. The fourth-order valence-electron chi connectivity index (χ4n) is 3.42. The maximum Gasteiger partial charge on any atom is 0.395 e. The molecule has 9 heteroatoms. The highest BCUT2D eigenvalue weighted by Crippen LogP contribution is 2.40. The summed E-state index contributed by atoms with van der Waals surface area (Å²) in [5.74, 6) is -2.88. The van der Waals surface area contributed by atoms with E-state index in [4.69, 9.17) is 0 Å². The van der Waals surface area contributed by atoms with Crippen LogP contribution in [0, 0.1) is 12.8 Å². The third-order valence-corrected chi connectivity index (χ3v) is 4.84. The van der Waals surface area contributed by atoms with Crippen LogP contribution in [0.15, 0.2) is 46.8 Å². The van der Waals surface area contributed by atoms with Gasteiger partial charge in [0, 0.05) is 17.6 Å². The maximum atomic E-state index is 14.3. The van der Waals surface area contributed by atoms with Crippen LogP contribution < -0.4 is 0 Å². The van der Waals surface area contributed by atoms with E-state index in [2.05, 4.69) is 10.1 Å². The molecule has 1 aliphatic heterocycles. The number of hydrogen-bond acceptors (Lipinski definition) is 3. The molecule has 0 radical (unpaired) electrons. The molecule has 0 amide bonds. The smallest absolute Gasteiger partial charge is 0.265 e. The van der Waals surface area contributed by atoms with Gasteiger partial charge in [-0.25, -0.2) is 13.8 Å². The topological polar surface area (TPSA) is 47.2 Å². The summed E-state index contributed by atoms with van der Waals surface area (Å²) in [6, 6.07) is 0. The second kappa shape index (κ2) is 6.35. The van der Waals surface area contributed by atoms with Gasteiger partial charge in [-0.2, -0.15) is 23.0 Å². The maximum absolute atomic E-state index is 14.3. The van der Waals surface area contributed by atoms with Crippen molar-refractivity contribution in [3.05, 3.63) is 53.0 Å². The zero-order valence-electron chi connectivity index (χ0n) is 14.6. The van der Waals surface area contributed by atoms with Gasteiger partial charge in [0.2, 0.25) is 0 Å². The van der Waals surface area contributed by atoms with E-state index in [0.717, 1.165) is 16.8 Å². The average molecular weight is 395 g/mol. The quantitative estimate of drug-likeness (QED) is 0.665. The van der Waals surface area contributed by atoms with E-state index in [1.807, 2.05) is 0 Å². The van der Waals surface area contributed by atoms with Gasteiger partial charge >= 0.3 is 6.18 Å². The molecular formula is C19H14F5N3O. The van der Waals surface area contributed by atoms with Crippen molar-refractivity contribution in [2.45, 2.75) is 32.1 Å². The van der Waals surface area contributed by atoms with E-state index < -0.39 is 30.0 Å². The van der Waals surface area contributed by atoms with Crippen LogP contribution in [-0.2, 0) is 0 Å². The number of alkyl halides is 4. The highest BCUT2D eigenvalue weighted by Gasteiger charge is 2.39.